The van der Waals surface area contributed by atoms with Crippen LogP contribution in [0.3, 0.4) is 0 Å². The van der Waals surface area contributed by atoms with Crippen LogP contribution in [0.15, 0.2) is 30.5 Å². The molecule has 0 saturated carbocycles. The van der Waals surface area contributed by atoms with Crippen LogP contribution in [-0.2, 0) is 30.4 Å². The van der Waals surface area contributed by atoms with Crippen molar-refractivity contribution in [3.8, 4) is 0 Å². The number of aromatic amines is 1. The molecule has 0 bridgehead atoms. The van der Waals surface area contributed by atoms with Crippen molar-refractivity contribution in [1.29, 1.82) is 0 Å². The summed E-state index contributed by atoms with van der Waals surface area (Å²) in [6, 6.07) is 2.23. The Balaban J connectivity index is 2.04. The highest BCUT2D eigenvalue weighted by molar-refractivity contribution is 7.80. The number of rotatable bonds is 12. The number of carbonyl (C=O) groups is 5. The van der Waals surface area contributed by atoms with E-state index in [1.807, 2.05) is 18.2 Å². The van der Waals surface area contributed by atoms with E-state index in [-0.39, 0.29) is 12.2 Å². The molecule has 184 valence electrons. The number of H-pyrrole nitrogens is 1. The van der Waals surface area contributed by atoms with Gasteiger partial charge in [-0.1, -0.05) is 18.2 Å². The molecule has 1 heterocycles. The van der Waals surface area contributed by atoms with E-state index >= 15 is 0 Å². The number of carboxylic acids is 2. The maximum absolute atomic E-state index is 12.6. The van der Waals surface area contributed by atoms with Gasteiger partial charge in [0.05, 0.1) is 12.5 Å². The number of benzene rings is 1. The van der Waals surface area contributed by atoms with Gasteiger partial charge in [0, 0.05) is 29.3 Å². The summed E-state index contributed by atoms with van der Waals surface area (Å²) in [4.78, 5) is 62.9. The van der Waals surface area contributed by atoms with E-state index in [9.17, 15) is 29.1 Å². The predicted molar refractivity (Wildman–Crippen MR) is 125 cm³/mol. The number of nitrogens with two attached hydrogens (primary N) is 1. The molecule has 12 nitrogen and oxygen atoms in total. The number of carboxylic acid groups (broad SMARTS) is 2. The quantitative estimate of drug-likeness (QED) is 0.172. The molecular formula is C21H27N5O7S. The van der Waals surface area contributed by atoms with E-state index in [1.54, 1.807) is 12.3 Å². The minimum atomic E-state index is -1.49. The molecule has 0 aliphatic heterocycles. The standard InChI is InChI=1S/C21H27N5O7S/c1-10(24-20(31)15(7-17(27)28)25-19(30)13(22)9-34)18(29)26-16(21(32)33)6-11-8-23-14-5-3-2-4-12(11)14/h2-5,8,10,13,15-16,23,34H,6-7,9,22H2,1H3,(H,24,31)(H,25,30)(H,26,29)(H,27,28)(H,32,33). The van der Waals surface area contributed by atoms with Crippen molar-refractivity contribution in [2.24, 2.45) is 5.73 Å². The fraction of sp³-hybridized carbons (Fsp3) is 0.381. The molecular weight excluding hydrogens is 466 g/mol. The average Bonchev–Trinajstić information content (AvgIpc) is 3.19. The summed E-state index contributed by atoms with van der Waals surface area (Å²) in [5.41, 5.74) is 7.03. The highest BCUT2D eigenvalue weighted by Gasteiger charge is 2.29. The Morgan fingerprint density at radius 2 is 1.65 bits per heavy atom. The number of carbonyl (C=O) groups excluding carboxylic acids is 3. The second kappa shape index (κ2) is 12.0. The monoisotopic (exact) mass is 493 g/mol. The molecule has 4 unspecified atom stereocenters. The lowest BCUT2D eigenvalue weighted by molar-refractivity contribution is -0.143. The first-order chi connectivity index (χ1) is 16.0. The van der Waals surface area contributed by atoms with E-state index < -0.39 is 60.2 Å². The van der Waals surface area contributed by atoms with Crippen LogP contribution in [0.25, 0.3) is 10.9 Å². The highest BCUT2D eigenvalue weighted by Crippen LogP contribution is 2.19. The van der Waals surface area contributed by atoms with E-state index in [0.29, 0.717) is 5.56 Å². The van der Waals surface area contributed by atoms with Crippen LogP contribution < -0.4 is 21.7 Å². The summed E-state index contributed by atoms with van der Waals surface area (Å²) >= 11 is 3.88. The third kappa shape index (κ3) is 7.22. The molecule has 0 spiro atoms. The molecule has 2 rings (SSSR count). The lowest BCUT2D eigenvalue weighted by Gasteiger charge is -2.22. The summed E-state index contributed by atoms with van der Waals surface area (Å²) in [7, 11) is 0. The molecule has 2 aromatic rings. The molecule has 0 aliphatic carbocycles. The van der Waals surface area contributed by atoms with Crippen molar-refractivity contribution in [2.45, 2.75) is 43.9 Å². The van der Waals surface area contributed by atoms with Crippen LogP contribution in [0, 0.1) is 0 Å². The SMILES string of the molecule is CC(NC(=O)C(CC(=O)O)NC(=O)C(N)CS)C(=O)NC(Cc1c[nH]c2ccccc12)C(=O)O. The average molecular weight is 494 g/mol. The number of hydrogen-bond acceptors (Lipinski definition) is 7. The van der Waals surface area contributed by atoms with E-state index in [2.05, 4.69) is 33.6 Å². The highest BCUT2D eigenvalue weighted by atomic mass is 32.1. The second-order valence-corrected chi connectivity index (χ2v) is 8.01. The van der Waals surface area contributed by atoms with Gasteiger partial charge in [-0.15, -0.1) is 0 Å². The maximum atomic E-state index is 12.6. The zero-order chi connectivity index (χ0) is 25.4. The first-order valence-corrected chi connectivity index (χ1v) is 10.9. The third-order valence-corrected chi connectivity index (χ3v) is 5.40. The molecule has 0 fully saturated rings. The second-order valence-electron chi connectivity index (χ2n) is 7.64. The Bertz CT molecular complexity index is 1070. The topological polar surface area (TPSA) is 204 Å². The molecule has 34 heavy (non-hydrogen) atoms. The van der Waals surface area contributed by atoms with Crippen molar-refractivity contribution in [1.82, 2.24) is 20.9 Å². The third-order valence-electron chi connectivity index (χ3n) is 5.01. The van der Waals surface area contributed by atoms with E-state index in [4.69, 9.17) is 10.8 Å². The fourth-order valence-electron chi connectivity index (χ4n) is 3.14. The van der Waals surface area contributed by atoms with Crippen molar-refractivity contribution in [3.63, 3.8) is 0 Å². The van der Waals surface area contributed by atoms with Crippen LogP contribution in [0.4, 0.5) is 0 Å². The van der Waals surface area contributed by atoms with Gasteiger partial charge in [-0.25, -0.2) is 4.79 Å². The predicted octanol–water partition coefficient (Wildman–Crippen LogP) is -0.999. The lowest BCUT2D eigenvalue weighted by Crippen LogP contribution is -2.57. The summed E-state index contributed by atoms with van der Waals surface area (Å²) in [5, 5.41) is 26.3. The molecule has 1 aromatic carbocycles. The number of amides is 3. The van der Waals surface area contributed by atoms with E-state index in [0.717, 1.165) is 10.9 Å². The van der Waals surface area contributed by atoms with Crippen molar-refractivity contribution in [3.05, 3.63) is 36.0 Å². The Morgan fingerprint density at radius 1 is 1.00 bits per heavy atom. The summed E-state index contributed by atoms with van der Waals surface area (Å²) in [5.74, 6) is -5.17. The van der Waals surface area contributed by atoms with Crippen LogP contribution in [0.2, 0.25) is 0 Å². The molecule has 1 aromatic heterocycles. The summed E-state index contributed by atoms with van der Waals surface area (Å²) in [6.45, 7) is 1.30. The molecule has 0 saturated heterocycles. The molecule has 8 N–H and O–H groups in total. The van der Waals surface area contributed by atoms with Crippen LogP contribution in [0.1, 0.15) is 18.9 Å². The Kier molecular flexibility index (Phi) is 9.45. The van der Waals surface area contributed by atoms with Gasteiger partial charge in [0.25, 0.3) is 0 Å². The molecule has 0 aliphatic rings. The van der Waals surface area contributed by atoms with Crippen LogP contribution in [-0.4, -0.2) is 74.8 Å². The number of hydrogen-bond donors (Lipinski definition) is 8. The van der Waals surface area contributed by atoms with Crippen molar-refractivity contribution >= 4 is 53.2 Å². The van der Waals surface area contributed by atoms with Gasteiger partial charge in [0.1, 0.15) is 18.1 Å². The first kappa shape index (κ1) is 26.7. The van der Waals surface area contributed by atoms with Gasteiger partial charge in [0.15, 0.2) is 0 Å². The number of fused-ring (bicyclic) bond motifs is 1. The van der Waals surface area contributed by atoms with Crippen molar-refractivity contribution in [2.75, 3.05) is 5.75 Å². The largest absolute Gasteiger partial charge is 0.481 e. The Hall–Kier alpha value is -3.58. The molecule has 13 heteroatoms. The Labute approximate surface area is 200 Å². The van der Waals surface area contributed by atoms with Gasteiger partial charge in [-0.05, 0) is 18.6 Å². The summed E-state index contributed by atoms with van der Waals surface area (Å²) < 4.78 is 0. The fourth-order valence-corrected chi connectivity index (χ4v) is 3.31. The molecule has 0 radical (unpaired) electrons. The minimum absolute atomic E-state index is 0.00886. The van der Waals surface area contributed by atoms with Crippen LogP contribution in [0.5, 0.6) is 0 Å². The smallest absolute Gasteiger partial charge is 0.326 e. The van der Waals surface area contributed by atoms with Gasteiger partial charge < -0.3 is 36.9 Å². The van der Waals surface area contributed by atoms with E-state index in [1.165, 1.54) is 6.92 Å². The number of nitrogens with one attached hydrogen (secondary N) is 4. The lowest BCUT2D eigenvalue weighted by atomic mass is 10.0. The molecule has 4 atom stereocenters. The normalized spacial score (nSPS) is 14.4. The zero-order valence-electron chi connectivity index (χ0n) is 18.3. The van der Waals surface area contributed by atoms with Gasteiger partial charge >= 0.3 is 11.9 Å². The number of thiol groups is 1. The number of aromatic nitrogens is 1. The molecule has 3 amide bonds. The zero-order valence-corrected chi connectivity index (χ0v) is 19.2. The number of aliphatic carboxylic acids is 2. The first-order valence-electron chi connectivity index (χ1n) is 10.3. The van der Waals surface area contributed by atoms with Crippen LogP contribution >= 0.6 is 12.6 Å². The summed E-state index contributed by atoms with van der Waals surface area (Å²) in [6.07, 6.45) is 0.904. The maximum Gasteiger partial charge on any atom is 0.326 e. The van der Waals surface area contributed by atoms with Gasteiger partial charge in [0.2, 0.25) is 17.7 Å². The van der Waals surface area contributed by atoms with Gasteiger partial charge in [-0.3, -0.25) is 19.2 Å². The number of para-hydroxylation sites is 1. The van der Waals surface area contributed by atoms with Crippen molar-refractivity contribution < 1.29 is 34.2 Å². The minimum Gasteiger partial charge on any atom is -0.481 e. The Morgan fingerprint density at radius 3 is 2.26 bits per heavy atom. The van der Waals surface area contributed by atoms with Gasteiger partial charge in [-0.2, -0.15) is 12.6 Å².